The van der Waals surface area contributed by atoms with Gasteiger partial charge in [-0.05, 0) is 31.0 Å². The van der Waals surface area contributed by atoms with E-state index in [2.05, 4.69) is 57.4 Å². The first-order valence-corrected chi connectivity index (χ1v) is 10.2. The fraction of sp³-hybridized carbons (Fsp3) is 0.526. The predicted molar refractivity (Wildman–Crippen MR) is 107 cm³/mol. The van der Waals surface area contributed by atoms with E-state index in [-0.39, 0.29) is 12.0 Å². The molecule has 7 nitrogen and oxygen atoms in total. The molecule has 1 amide bonds. The standard InChI is InChI=1S/C19H25N5O2S/c1-12-10-16-5-4-15(11-17(16)26-12)13(2)23-6-8-24(9-7-23)19-22-21-18(27-19)20-14(3)25/h4-5,11-13H,6-10H2,1-3H3,(H,20,21,25)/t12-,13+/m0/s1. The quantitative estimate of drug-likeness (QED) is 0.870. The highest BCUT2D eigenvalue weighted by molar-refractivity contribution is 7.19. The van der Waals surface area contributed by atoms with Gasteiger partial charge in [-0.1, -0.05) is 23.5 Å². The zero-order chi connectivity index (χ0) is 19.0. The SMILES string of the molecule is CC(=O)Nc1nnc(N2CCN([C@H](C)c3ccc4c(c3)O[C@@H](C)C4)CC2)s1. The van der Waals surface area contributed by atoms with Gasteiger partial charge in [0.2, 0.25) is 16.2 Å². The third-order valence-corrected chi connectivity index (χ3v) is 6.14. The van der Waals surface area contributed by atoms with Crippen molar-refractivity contribution in [3.05, 3.63) is 29.3 Å². The van der Waals surface area contributed by atoms with Gasteiger partial charge in [0.1, 0.15) is 11.9 Å². The Balaban J connectivity index is 1.37. The summed E-state index contributed by atoms with van der Waals surface area (Å²) in [6.07, 6.45) is 1.29. The molecule has 0 spiro atoms. The first-order chi connectivity index (χ1) is 13.0. The number of hydrogen-bond acceptors (Lipinski definition) is 7. The van der Waals surface area contributed by atoms with Crippen molar-refractivity contribution in [1.82, 2.24) is 15.1 Å². The molecule has 8 heteroatoms. The van der Waals surface area contributed by atoms with Crippen LogP contribution in [0.4, 0.5) is 10.3 Å². The molecule has 4 rings (SSSR count). The van der Waals surface area contributed by atoms with Gasteiger partial charge in [0, 0.05) is 45.6 Å². The number of nitrogens with one attached hydrogen (secondary N) is 1. The van der Waals surface area contributed by atoms with E-state index in [4.69, 9.17) is 4.74 Å². The Morgan fingerprint density at radius 1 is 1.30 bits per heavy atom. The molecule has 1 fully saturated rings. The second kappa shape index (κ2) is 7.44. The van der Waals surface area contributed by atoms with Gasteiger partial charge in [0.25, 0.3) is 0 Å². The van der Waals surface area contributed by atoms with Gasteiger partial charge in [-0.3, -0.25) is 9.69 Å². The van der Waals surface area contributed by atoms with Crippen LogP contribution in [0.2, 0.25) is 0 Å². The van der Waals surface area contributed by atoms with E-state index in [1.54, 1.807) is 0 Å². The van der Waals surface area contributed by atoms with Crippen LogP contribution >= 0.6 is 11.3 Å². The van der Waals surface area contributed by atoms with Crippen LogP contribution in [0.3, 0.4) is 0 Å². The summed E-state index contributed by atoms with van der Waals surface area (Å²) < 4.78 is 5.92. The second-order valence-corrected chi connectivity index (χ2v) is 8.23. The third kappa shape index (κ3) is 3.91. The van der Waals surface area contributed by atoms with Gasteiger partial charge in [-0.25, -0.2) is 0 Å². The van der Waals surface area contributed by atoms with E-state index in [0.29, 0.717) is 11.2 Å². The number of nitrogens with zero attached hydrogens (tertiary/aromatic N) is 4. The van der Waals surface area contributed by atoms with Crippen molar-refractivity contribution in [3.8, 4) is 5.75 Å². The molecular weight excluding hydrogens is 362 g/mol. The van der Waals surface area contributed by atoms with E-state index >= 15 is 0 Å². The van der Waals surface area contributed by atoms with Crippen molar-refractivity contribution in [3.63, 3.8) is 0 Å². The number of carbonyl (C=O) groups is 1. The van der Waals surface area contributed by atoms with Crippen molar-refractivity contribution in [2.24, 2.45) is 0 Å². The summed E-state index contributed by atoms with van der Waals surface area (Å²) in [5, 5.41) is 12.4. The van der Waals surface area contributed by atoms with Crippen LogP contribution in [0.1, 0.15) is 37.9 Å². The number of carbonyl (C=O) groups excluding carboxylic acids is 1. The highest BCUT2D eigenvalue weighted by Gasteiger charge is 2.26. The molecule has 0 saturated carbocycles. The van der Waals surface area contributed by atoms with Crippen LogP contribution in [-0.2, 0) is 11.2 Å². The highest BCUT2D eigenvalue weighted by atomic mass is 32.1. The van der Waals surface area contributed by atoms with E-state index in [0.717, 1.165) is 43.5 Å². The van der Waals surface area contributed by atoms with Crippen molar-refractivity contribution in [2.45, 2.75) is 39.3 Å². The lowest BCUT2D eigenvalue weighted by atomic mass is 10.0. The molecular formula is C19H25N5O2S. The zero-order valence-corrected chi connectivity index (χ0v) is 16.8. The first kappa shape index (κ1) is 18.2. The lowest BCUT2D eigenvalue weighted by Crippen LogP contribution is -2.47. The number of benzene rings is 1. The molecule has 0 bridgehead atoms. The summed E-state index contributed by atoms with van der Waals surface area (Å²) in [4.78, 5) is 15.9. The summed E-state index contributed by atoms with van der Waals surface area (Å²) >= 11 is 1.42. The minimum Gasteiger partial charge on any atom is -0.490 e. The molecule has 2 atom stereocenters. The largest absolute Gasteiger partial charge is 0.490 e. The average Bonchev–Trinajstić information content (AvgIpc) is 3.25. The molecule has 2 aliphatic rings. The summed E-state index contributed by atoms with van der Waals surface area (Å²) in [5.74, 6) is 0.925. The van der Waals surface area contributed by atoms with Gasteiger partial charge in [-0.2, -0.15) is 0 Å². The highest BCUT2D eigenvalue weighted by Crippen LogP contribution is 2.33. The number of amides is 1. The van der Waals surface area contributed by atoms with Crippen molar-refractivity contribution in [1.29, 1.82) is 0 Å². The molecule has 1 aromatic carbocycles. The summed E-state index contributed by atoms with van der Waals surface area (Å²) in [7, 11) is 0. The Kier molecular flexibility index (Phi) is 5.01. The zero-order valence-electron chi connectivity index (χ0n) is 15.9. The molecule has 0 aliphatic carbocycles. The molecule has 2 aromatic rings. The monoisotopic (exact) mass is 387 g/mol. The Morgan fingerprint density at radius 2 is 2.07 bits per heavy atom. The summed E-state index contributed by atoms with van der Waals surface area (Å²) in [5.41, 5.74) is 2.62. The van der Waals surface area contributed by atoms with E-state index in [9.17, 15) is 4.79 Å². The van der Waals surface area contributed by atoms with Crippen LogP contribution in [0.15, 0.2) is 18.2 Å². The van der Waals surface area contributed by atoms with Gasteiger partial charge in [-0.15, -0.1) is 10.2 Å². The molecule has 0 radical (unpaired) electrons. The third-order valence-electron chi connectivity index (χ3n) is 5.24. The first-order valence-electron chi connectivity index (χ1n) is 9.39. The van der Waals surface area contributed by atoms with Crippen LogP contribution in [-0.4, -0.2) is 53.3 Å². The minimum atomic E-state index is -0.121. The number of aromatic nitrogens is 2. The van der Waals surface area contributed by atoms with E-state index in [1.165, 1.54) is 29.4 Å². The smallest absolute Gasteiger partial charge is 0.223 e. The lowest BCUT2D eigenvalue weighted by molar-refractivity contribution is -0.114. The molecule has 144 valence electrons. The van der Waals surface area contributed by atoms with Crippen LogP contribution in [0, 0.1) is 0 Å². The normalized spacial score (nSPS) is 20.9. The van der Waals surface area contributed by atoms with Gasteiger partial charge in [0.05, 0.1) is 0 Å². The molecule has 0 unspecified atom stereocenters. The van der Waals surface area contributed by atoms with Crippen molar-refractivity contribution in [2.75, 3.05) is 36.4 Å². The Hall–Kier alpha value is -2.19. The Bertz CT molecular complexity index is 831. The van der Waals surface area contributed by atoms with Crippen molar-refractivity contribution < 1.29 is 9.53 Å². The number of hydrogen-bond donors (Lipinski definition) is 1. The second-order valence-electron chi connectivity index (χ2n) is 7.27. The molecule has 2 aliphatic heterocycles. The number of anilines is 2. The number of fused-ring (bicyclic) bond motifs is 1. The van der Waals surface area contributed by atoms with Gasteiger partial charge < -0.3 is 15.0 Å². The van der Waals surface area contributed by atoms with Crippen LogP contribution in [0.25, 0.3) is 0 Å². The lowest BCUT2D eigenvalue weighted by Gasteiger charge is -2.38. The van der Waals surface area contributed by atoms with Crippen LogP contribution in [0.5, 0.6) is 5.75 Å². The minimum absolute atomic E-state index is 0.121. The Labute approximate surface area is 163 Å². The average molecular weight is 388 g/mol. The summed E-state index contributed by atoms with van der Waals surface area (Å²) in [6, 6.07) is 7.01. The van der Waals surface area contributed by atoms with E-state index < -0.39 is 0 Å². The van der Waals surface area contributed by atoms with Crippen molar-refractivity contribution >= 4 is 27.5 Å². The number of ether oxygens (including phenoxy) is 1. The fourth-order valence-corrected chi connectivity index (χ4v) is 4.58. The predicted octanol–water partition coefficient (Wildman–Crippen LogP) is 2.70. The molecule has 1 saturated heterocycles. The topological polar surface area (TPSA) is 70.6 Å². The molecule has 1 aromatic heterocycles. The number of piperazine rings is 1. The van der Waals surface area contributed by atoms with E-state index in [1.807, 2.05) is 0 Å². The Morgan fingerprint density at radius 3 is 2.81 bits per heavy atom. The maximum absolute atomic E-state index is 11.1. The summed E-state index contributed by atoms with van der Waals surface area (Å²) in [6.45, 7) is 9.58. The van der Waals surface area contributed by atoms with Gasteiger partial charge in [0.15, 0.2) is 0 Å². The maximum Gasteiger partial charge on any atom is 0.223 e. The molecule has 1 N–H and O–H groups in total. The molecule has 27 heavy (non-hydrogen) atoms. The fourth-order valence-electron chi connectivity index (χ4n) is 3.73. The maximum atomic E-state index is 11.1. The van der Waals surface area contributed by atoms with Gasteiger partial charge >= 0.3 is 0 Å². The number of rotatable bonds is 4. The van der Waals surface area contributed by atoms with Crippen LogP contribution < -0.4 is 15.0 Å². The molecule has 3 heterocycles.